The third-order valence-electron chi connectivity index (χ3n) is 4.80. The summed E-state index contributed by atoms with van der Waals surface area (Å²) in [5.41, 5.74) is 2.92. The van der Waals surface area contributed by atoms with Gasteiger partial charge in [0.25, 0.3) is 0 Å². The van der Waals surface area contributed by atoms with Gasteiger partial charge in [-0.3, -0.25) is 9.59 Å². The first kappa shape index (κ1) is 17.3. The number of rotatable bonds is 5. The Bertz CT molecular complexity index is 879. The minimum absolute atomic E-state index is 0.126. The fraction of sp³-hybridized carbons (Fsp3) is 0.286. The van der Waals surface area contributed by atoms with E-state index in [1.54, 1.807) is 0 Å². The lowest BCUT2D eigenvalue weighted by molar-refractivity contribution is -0.133. The quantitative estimate of drug-likeness (QED) is 0.888. The summed E-state index contributed by atoms with van der Waals surface area (Å²) in [4.78, 5) is 24.6. The van der Waals surface area contributed by atoms with Crippen LogP contribution in [0.5, 0.6) is 5.75 Å². The van der Waals surface area contributed by atoms with Crippen LogP contribution >= 0.6 is 0 Å². The molecule has 2 amide bonds. The fourth-order valence-electron chi connectivity index (χ4n) is 3.37. The number of nitrogens with zero attached hydrogens (tertiary/aromatic N) is 2. The van der Waals surface area contributed by atoms with Crippen LogP contribution in [0.1, 0.15) is 36.4 Å². The Morgan fingerprint density at radius 3 is 2.70 bits per heavy atom. The molecule has 1 atom stereocenters. The Balaban J connectivity index is 1.29. The Labute approximate surface area is 157 Å². The molecular weight excluding hydrogens is 342 g/mol. The van der Waals surface area contributed by atoms with E-state index in [9.17, 15) is 9.59 Å². The molecule has 27 heavy (non-hydrogen) atoms. The van der Waals surface area contributed by atoms with Gasteiger partial charge in [0.1, 0.15) is 12.4 Å². The highest BCUT2D eigenvalue weighted by Gasteiger charge is 2.26. The molecule has 6 nitrogen and oxygen atoms in total. The van der Waals surface area contributed by atoms with E-state index in [2.05, 4.69) is 10.4 Å². The van der Waals surface area contributed by atoms with Crippen LogP contribution in [0.4, 0.5) is 0 Å². The highest BCUT2D eigenvalue weighted by atomic mass is 16.5. The first-order valence-corrected chi connectivity index (χ1v) is 9.15. The van der Waals surface area contributed by atoms with Crippen molar-refractivity contribution in [1.29, 1.82) is 0 Å². The van der Waals surface area contributed by atoms with Gasteiger partial charge in [0.2, 0.25) is 11.8 Å². The monoisotopic (exact) mass is 363 g/mol. The van der Waals surface area contributed by atoms with Gasteiger partial charge in [-0.15, -0.1) is 0 Å². The van der Waals surface area contributed by atoms with Crippen molar-refractivity contribution in [3.05, 3.63) is 65.7 Å². The van der Waals surface area contributed by atoms with Gasteiger partial charge in [0, 0.05) is 24.8 Å². The number of hydrogen-bond acceptors (Lipinski definition) is 4. The molecule has 0 aromatic heterocycles. The zero-order valence-electron chi connectivity index (χ0n) is 14.9. The molecule has 0 aliphatic carbocycles. The van der Waals surface area contributed by atoms with Crippen LogP contribution in [0.3, 0.4) is 0 Å². The normalized spacial score (nSPS) is 17.9. The molecule has 4 rings (SSSR count). The number of benzene rings is 2. The third-order valence-corrected chi connectivity index (χ3v) is 4.80. The summed E-state index contributed by atoms with van der Waals surface area (Å²) in [5.74, 6) is 0.526. The van der Waals surface area contributed by atoms with Gasteiger partial charge in [-0.25, -0.2) is 5.01 Å². The molecule has 0 bridgehead atoms. The van der Waals surface area contributed by atoms with Crippen LogP contribution in [-0.2, 0) is 9.59 Å². The maximum Gasteiger partial charge on any atom is 0.243 e. The van der Waals surface area contributed by atoms with E-state index >= 15 is 0 Å². The number of nitrogens with one attached hydrogen (secondary N) is 1. The maximum atomic E-state index is 12.4. The SMILES string of the molecule is O=C(CCC(=O)N1CCC(c2ccccc2)=N1)NC1COc2ccccc21. The number of carbonyl (C=O) groups excluding carboxylic acids is 2. The molecule has 0 fully saturated rings. The van der Waals surface area contributed by atoms with Crippen molar-refractivity contribution in [1.82, 2.24) is 10.3 Å². The molecule has 2 aromatic rings. The largest absolute Gasteiger partial charge is 0.491 e. The number of carbonyl (C=O) groups is 2. The standard InChI is InChI=1S/C21H21N3O3/c25-20(22-18-14-27-19-9-5-4-8-16(18)19)10-11-21(26)24-13-12-17(23-24)15-6-2-1-3-7-15/h1-9,18H,10-14H2,(H,22,25). The van der Waals surface area contributed by atoms with Crippen molar-refractivity contribution in [3.63, 3.8) is 0 Å². The fourth-order valence-corrected chi connectivity index (χ4v) is 3.37. The predicted molar refractivity (Wildman–Crippen MR) is 101 cm³/mol. The lowest BCUT2D eigenvalue weighted by Crippen LogP contribution is -2.31. The molecule has 2 aromatic carbocycles. The van der Waals surface area contributed by atoms with Crippen LogP contribution in [0.2, 0.25) is 0 Å². The second-order valence-electron chi connectivity index (χ2n) is 6.65. The van der Waals surface area contributed by atoms with Gasteiger partial charge in [-0.05, 0) is 11.6 Å². The Hall–Kier alpha value is -3.15. The summed E-state index contributed by atoms with van der Waals surface area (Å²) in [7, 11) is 0. The Kier molecular flexibility index (Phi) is 4.87. The molecule has 0 radical (unpaired) electrons. The van der Waals surface area contributed by atoms with E-state index < -0.39 is 0 Å². The predicted octanol–water partition coefficient (Wildman–Crippen LogP) is 2.65. The highest BCUT2D eigenvalue weighted by Crippen LogP contribution is 2.31. The van der Waals surface area contributed by atoms with Gasteiger partial charge in [0.05, 0.1) is 18.3 Å². The van der Waals surface area contributed by atoms with E-state index in [0.717, 1.165) is 29.0 Å². The van der Waals surface area contributed by atoms with Crippen molar-refractivity contribution in [2.45, 2.75) is 25.3 Å². The van der Waals surface area contributed by atoms with E-state index in [4.69, 9.17) is 4.74 Å². The van der Waals surface area contributed by atoms with Crippen LogP contribution in [-0.4, -0.2) is 35.7 Å². The summed E-state index contributed by atoms with van der Waals surface area (Å²) in [6.45, 7) is 0.990. The number of fused-ring (bicyclic) bond motifs is 1. The van der Waals surface area contributed by atoms with E-state index in [0.29, 0.717) is 13.2 Å². The average Bonchev–Trinajstić information content (AvgIpc) is 3.35. The first-order chi connectivity index (χ1) is 13.2. The summed E-state index contributed by atoms with van der Waals surface area (Å²) < 4.78 is 5.57. The molecule has 0 spiro atoms. The van der Waals surface area contributed by atoms with E-state index in [1.807, 2.05) is 54.6 Å². The van der Waals surface area contributed by atoms with Gasteiger partial charge >= 0.3 is 0 Å². The molecule has 1 N–H and O–H groups in total. The smallest absolute Gasteiger partial charge is 0.243 e. The summed E-state index contributed by atoms with van der Waals surface area (Å²) >= 11 is 0. The zero-order chi connectivity index (χ0) is 18.6. The average molecular weight is 363 g/mol. The third kappa shape index (κ3) is 3.84. The molecule has 0 saturated heterocycles. The van der Waals surface area contributed by atoms with Gasteiger partial charge in [-0.1, -0.05) is 48.5 Å². The van der Waals surface area contributed by atoms with Crippen LogP contribution in [0.25, 0.3) is 0 Å². The molecule has 2 aliphatic rings. The highest BCUT2D eigenvalue weighted by molar-refractivity contribution is 6.02. The molecule has 138 valence electrons. The zero-order valence-corrected chi connectivity index (χ0v) is 14.9. The maximum absolute atomic E-state index is 12.4. The number of hydrazone groups is 1. The van der Waals surface area contributed by atoms with Crippen LogP contribution < -0.4 is 10.1 Å². The lowest BCUT2D eigenvalue weighted by Gasteiger charge is -2.13. The summed E-state index contributed by atoms with van der Waals surface area (Å²) in [6, 6.07) is 17.3. The molecule has 0 saturated carbocycles. The Morgan fingerprint density at radius 2 is 1.85 bits per heavy atom. The number of ether oxygens (including phenoxy) is 1. The molecular formula is C21H21N3O3. The molecule has 6 heteroatoms. The van der Waals surface area contributed by atoms with Crippen LogP contribution in [0.15, 0.2) is 59.7 Å². The van der Waals surface area contributed by atoms with E-state index in [-0.39, 0.29) is 30.7 Å². The lowest BCUT2D eigenvalue weighted by atomic mass is 10.1. The van der Waals surface area contributed by atoms with Gasteiger partial charge in [-0.2, -0.15) is 5.10 Å². The Morgan fingerprint density at radius 1 is 1.07 bits per heavy atom. The number of amides is 2. The minimum atomic E-state index is -0.154. The first-order valence-electron chi connectivity index (χ1n) is 9.15. The minimum Gasteiger partial charge on any atom is -0.491 e. The molecule has 1 unspecified atom stereocenters. The molecule has 2 heterocycles. The van der Waals surface area contributed by atoms with Gasteiger partial charge in [0.15, 0.2) is 0 Å². The summed E-state index contributed by atoms with van der Waals surface area (Å²) in [5, 5.41) is 8.84. The molecule has 2 aliphatic heterocycles. The van der Waals surface area contributed by atoms with Crippen molar-refractivity contribution in [3.8, 4) is 5.75 Å². The van der Waals surface area contributed by atoms with Crippen molar-refractivity contribution >= 4 is 17.5 Å². The number of para-hydroxylation sites is 1. The summed E-state index contributed by atoms with van der Waals surface area (Å²) in [6.07, 6.45) is 1.02. The van der Waals surface area contributed by atoms with Crippen molar-refractivity contribution in [2.24, 2.45) is 5.10 Å². The van der Waals surface area contributed by atoms with Crippen molar-refractivity contribution in [2.75, 3.05) is 13.2 Å². The van der Waals surface area contributed by atoms with Crippen LogP contribution in [0, 0.1) is 0 Å². The second kappa shape index (κ2) is 7.61. The topological polar surface area (TPSA) is 71.0 Å². The second-order valence-corrected chi connectivity index (χ2v) is 6.65. The van der Waals surface area contributed by atoms with Gasteiger partial charge < -0.3 is 10.1 Å². The van der Waals surface area contributed by atoms with Crippen molar-refractivity contribution < 1.29 is 14.3 Å². The number of hydrogen-bond donors (Lipinski definition) is 1. The van der Waals surface area contributed by atoms with E-state index in [1.165, 1.54) is 5.01 Å².